The van der Waals surface area contributed by atoms with Gasteiger partial charge in [-0.2, -0.15) is 0 Å². The maximum absolute atomic E-state index is 13.8. The lowest BCUT2D eigenvalue weighted by atomic mass is 9.78. The number of hydrogen-bond acceptors (Lipinski definition) is 3. The second kappa shape index (κ2) is 7.73. The molecule has 0 aliphatic heterocycles. The van der Waals surface area contributed by atoms with E-state index in [0.29, 0.717) is 0 Å². The zero-order chi connectivity index (χ0) is 22.5. The van der Waals surface area contributed by atoms with Gasteiger partial charge in [-0.25, -0.2) is 9.37 Å². The van der Waals surface area contributed by atoms with Gasteiger partial charge in [0.15, 0.2) is 0 Å². The molecule has 3 aromatic carbocycles. The third-order valence-electron chi connectivity index (χ3n) is 6.96. The molecule has 0 amide bonds. The van der Waals surface area contributed by atoms with Crippen LogP contribution in [0.4, 0.5) is 4.39 Å². The fraction of sp³-hybridized carbons (Fsp3) is 0.207. The molecular weight excluding hydrogens is 413 g/mol. The van der Waals surface area contributed by atoms with Crippen LogP contribution in [0.1, 0.15) is 22.3 Å². The number of aryl methyl sites for hydroxylation is 2. The zero-order valence-electron chi connectivity index (χ0n) is 18.7. The first kappa shape index (κ1) is 20.0. The summed E-state index contributed by atoms with van der Waals surface area (Å²) in [6, 6.07) is 19.4. The van der Waals surface area contributed by atoms with Crippen LogP contribution in [0.15, 0.2) is 60.7 Å². The van der Waals surface area contributed by atoms with E-state index in [1.807, 2.05) is 24.3 Å². The Morgan fingerprint density at radius 1 is 0.667 bits per heavy atom. The van der Waals surface area contributed by atoms with E-state index in [-0.39, 0.29) is 5.82 Å². The van der Waals surface area contributed by atoms with Gasteiger partial charge < -0.3 is 9.47 Å². The van der Waals surface area contributed by atoms with Crippen molar-refractivity contribution >= 4 is 0 Å². The summed E-state index contributed by atoms with van der Waals surface area (Å²) in [5.74, 6) is 1.52. The standard InChI is InChI=1S/C29H24FNO2/c1-32-21-9-13-23-18(15-21)5-11-25-27(17-3-7-20(30)8-4-17)26-12-6-19-16-22(33-2)10-14-24(19)29(26)31-28(23)25/h3-4,7-10,13-16H,5-6,11-12H2,1-2H3. The molecular formula is C29H24FNO2. The second-order valence-corrected chi connectivity index (χ2v) is 8.69. The van der Waals surface area contributed by atoms with E-state index >= 15 is 0 Å². The second-order valence-electron chi connectivity index (χ2n) is 8.69. The predicted molar refractivity (Wildman–Crippen MR) is 128 cm³/mol. The van der Waals surface area contributed by atoms with Gasteiger partial charge in [0.1, 0.15) is 17.3 Å². The molecule has 0 N–H and O–H groups in total. The summed E-state index contributed by atoms with van der Waals surface area (Å²) < 4.78 is 24.7. The molecule has 0 saturated heterocycles. The molecule has 0 fully saturated rings. The normalized spacial score (nSPS) is 13.4. The van der Waals surface area contributed by atoms with Gasteiger partial charge in [0.2, 0.25) is 0 Å². The molecule has 4 aromatic rings. The monoisotopic (exact) mass is 437 g/mol. The largest absolute Gasteiger partial charge is 0.497 e. The topological polar surface area (TPSA) is 31.4 Å². The predicted octanol–water partition coefficient (Wildman–Crippen LogP) is 6.44. The van der Waals surface area contributed by atoms with Gasteiger partial charge in [0.05, 0.1) is 25.6 Å². The smallest absolute Gasteiger partial charge is 0.123 e. The lowest BCUT2D eigenvalue weighted by molar-refractivity contribution is 0.414. The van der Waals surface area contributed by atoms with Crippen LogP contribution < -0.4 is 9.47 Å². The van der Waals surface area contributed by atoms with Crippen LogP contribution in [-0.2, 0) is 25.7 Å². The Morgan fingerprint density at radius 3 is 1.67 bits per heavy atom. The molecule has 0 atom stereocenters. The highest BCUT2D eigenvalue weighted by atomic mass is 19.1. The molecule has 164 valence electrons. The van der Waals surface area contributed by atoms with Crippen molar-refractivity contribution in [2.75, 3.05) is 14.2 Å². The van der Waals surface area contributed by atoms with Crippen LogP contribution in [0, 0.1) is 5.82 Å². The molecule has 0 radical (unpaired) electrons. The number of rotatable bonds is 3. The Morgan fingerprint density at radius 2 is 1.18 bits per heavy atom. The number of aromatic nitrogens is 1. The molecule has 2 aliphatic carbocycles. The molecule has 4 heteroatoms. The van der Waals surface area contributed by atoms with Crippen LogP contribution in [-0.4, -0.2) is 19.2 Å². The minimum atomic E-state index is -0.217. The van der Waals surface area contributed by atoms with E-state index < -0.39 is 0 Å². The Labute approximate surface area is 192 Å². The highest BCUT2D eigenvalue weighted by Crippen LogP contribution is 2.46. The molecule has 1 heterocycles. The Kier molecular flexibility index (Phi) is 4.68. The van der Waals surface area contributed by atoms with Crippen LogP contribution in [0.2, 0.25) is 0 Å². The van der Waals surface area contributed by atoms with Crippen molar-refractivity contribution in [2.24, 2.45) is 0 Å². The van der Waals surface area contributed by atoms with Gasteiger partial charge in [-0.1, -0.05) is 12.1 Å². The van der Waals surface area contributed by atoms with Gasteiger partial charge in [-0.3, -0.25) is 0 Å². The summed E-state index contributed by atoms with van der Waals surface area (Å²) in [4.78, 5) is 5.30. The first-order chi connectivity index (χ1) is 16.2. The highest BCUT2D eigenvalue weighted by Gasteiger charge is 2.29. The Bertz CT molecular complexity index is 1310. The molecule has 3 nitrogen and oxygen atoms in total. The van der Waals surface area contributed by atoms with Crippen molar-refractivity contribution in [3.63, 3.8) is 0 Å². The number of ether oxygens (including phenoxy) is 2. The van der Waals surface area contributed by atoms with Crippen molar-refractivity contribution in [2.45, 2.75) is 25.7 Å². The maximum Gasteiger partial charge on any atom is 0.123 e. The fourth-order valence-electron chi connectivity index (χ4n) is 5.35. The molecule has 2 aliphatic rings. The van der Waals surface area contributed by atoms with Crippen molar-refractivity contribution < 1.29 is 13.9 Å². The lowest BCUT2D eigenvalue weighted by Gasteiger charge is -2.29. The molecule has 1 aromatic heterocycles. The van der Waals surface area contributed by atoms with Crippen LogP contribution in [0.3, 0.4) is 0 Å². The van der Waals surface area contributed by atoms with E-state index in [0.717, 1.165) is 65.3 Å². The number of hydrogen-bond donors (Lipinski definition) is 0. The SMILES string of the molecule is COc1ccc2c(c1)CCc1c-2nc2c(c1-c1ccc(F)cc1)CCc1cc(OC)ccc1-2. The Hall–Kier alpha value is -3.66. The van der Waals surface area contributed by atoms with E-state index in [1.54, 1.807) is 26.4 Å². The quantitative estimate of drug-likeness (QED) is 0.370. The summed E-state index contributed by atoms with van der Waals surface area (Å²) in [7, 11) is 3.40. The number of pyridine rings is 1. The molecule has 0 spiro atoms. The van der Waals surface area contributed by atoms with Crippen molar-refractivity contribution in [3.8, 4) is 45.1 Å². The van der Waals surface area contributed by atoms with Crippen LogP contribution in [0.5, 0.6) is 11.5 Å². The number of benzene rings is 3. The van der Waals surface area contributed by atoms with Crippen molar-refractivity contribution in [1.82, 2.24) is 4.98 Å². The number of halogens is 1. The van der Waals surface area contributed by atoms with Crippen LogP contribution in [0.25, 0.3) is 33.6 Å². The summed E-state index contributed by atoms with van der Waals surface area (Å²) in [5.41, 5.74) is 11.7. The molecule has 0 unspecified atom stereocenters. The molecule has 33 heavy (non-hydrogen) atoms. The minimum Gasteiger partial charge on any atom is -0.497 e. The van der Waals surface area contributed by atoms with Gasteiger partial charge >= 0.3 is 0 Å². The van der Waals surface area contributed by atoms with Crippen molar-refractivity contribution in [3.05, 3.63) is 88.7 Å². The average molecular weight is 438 g/mol. The lowest BCUT2D eigenvalue weighted by Crippen LogP contribution is -2.15. The van der Waals surface area contributed by atoms with Crippen molar-refractivity contribution in [1.29, 1.82) is 0 Å². The van der Waals surface area contributed by atoms with E-state index in [9.17, 15) is 4.39 Å². The number of methoxy groups -OCH3 is 2. The first-order valence-corrected chi connectivity index (χ1v) is 11.3. The third kappa shape index (κ3) is 3.20. The zero-order valence-corrected chi connectivity index (χ0v) is 18.7. The van der Waals surface area contributed by atoms with Gasteiger partial charge in [-0.05, 0) is 108 Å². The molecule has 0 bridgehead atoms. The summed E-state index contributed by atoms with van der Waals surface area (Å²) in [6.45, 7) is 0. The first-order valence-electron chi connectivity index (χ1n) is 11.3. The fourth-order valence-corrected chi connectivity index (χ4v) is 5.35. The average Bonchev–Trinajstić information content (AvgIpc) is 2.87. The van der Waals surface area contributed by atoms with Crippen LogP contribution >= 0.6 is 0 Å². The maximum atomic E-state index is 13.8. The van der Waals surface area contributed by atoms with Gasteiger partial charge in [0, 0.05) is 11.1 Å². The molecule has 0 saturated carbocycles. The summed E-state index contributed by atoms with van der Waals surface area (Å²) in [5, 5.41) is 0. The minimum absolute atomic E-state index is 0.217. The summed E-state index contributed by atoms with van der Waals surface area (Å²) in [6.07, 6.45) is 3.67. The Balaban J connectivity index is 1.65. The number of fused-ring (bicyclic) bond motifs is 6. The van der Waals surface area contributed by atoms with E-state index in [1.165, 1.54) is 27.8 Å². The highest BCUT2D eigenvalue weighted by molar-refractivity contribution is 5.88. The number of nitrogens with zero attached hydrogens (tertiary/aromatic N) is 1. The van der Waals surface area contributed by atoms with Gasteiger partial charge in [0.25, 0.3) is 0 Å². The van der Waals surface area contributed by atoms with Gasteiger partial charge in [-0.15, -0.1) is 0 Å². The van der Waals surface area contributed by atoms with E-state index in [2.05, 4.69) is 24.3 Å². The third-order valence-corrected chi connectivity index (χ3v) is 6.96. The summed E-state index contributed by atoms with van der Waals surface area (Å²) >= 11 is 0. The van der Waals surface area contributed by atoms with E-state index in [4.69, 9.17) is 14.5 Å². The molecule has 6 rings (SSSR count).